The van der Waals surface area contributed by atoms with Gasteiger partial charge in [0.25, 0.3) is 0 Å². The van der Waals surface area contributed by atoms with Gasteiger partial charge in [-0.05, 0) is 40.9 Å². The second-order valence-electron chi connectivity index (χ2n) is 4.36. The zero-order valence-electron chi connectivity index (χ0n) is 10.5. The molecule has 0 saturated heterocycles. The molecule has 3 aromatic heterocycles. The van der Waals surface area contributed by atoms with Gasteiger partial charge >= 0.3 is 6.01 Å². The number of tetrazole rings is 1. The Morgan fingerprint density at radius 3 is 2.85 bits per heavy atom. The van der Waals surface area contributed by atoms with Crippen molar-refractivity contribution in [2.75, 3.05) is 0 Å². The van der Waals surface area contributed by atoms with Gasteiger partial charge in [0.05, 0.1) is 10.2 Å². The summed E-state index contributed by atoms with van der Waals surface area (Å²) in [5.41, 5.74) is 2.66. The number of fused-ring (bicyclic) bond motifs is 3. The second kappa shape index (κ2) is 4.24. The van der Waals surface area contributed by atoms with Crippen molar-refractivity contribution in [3.63, 3.8) is 0 Å². The summed E-state index contributed by atoms with van der Waals surface area (Å²) in [6.45, 7) is 2.03. The summed E-state index contributed by atoms with van der Waals surface area (Å²) in [5, 5.41) is 13.6. The van der Waals surface area contributed by atoms with Crippen LogP contribution in [0.5, 0.6) is 11.8 Å². The van der Waals surface area contributed by atoms with Crippen LogP contribution in [0.15, 0.2) is 35.7 Å². The van der Waals surface area contributed by atoms with E-state index in [1.54, 1.807) is 11.3 Å². The van der Waals surface area contributed by atoms with Gasteiger partial charge < -0.3 is 4.74 Å². The first-order valence-corrected chi connectivity index (χ1v) is 6.89. The number of hydrogen-bond acceptors (Lipinski definition) is 6. The van der Waals surface area contributed by atoms with Crippen LogP contribution in [0.2, 0.25) is 0 Å². The van der Waals surface area contributed by atoms with Crippen LogP contribution in [0.25, 0.3) is 15.9 Å². The zero-order chi connectivity index (χ0) is 13.5. The maximum atomic E-state index is 5.80. The van der Waals surface area contributed by atoms with Crippen molar-refractivity contribution in [2.45, 2.75) is 6.92 Å². The molecule has 1 aromatic carbocycles. The van der Waals surface area contributed by atoms with E-state index in [4.69, 9.17) is 4.74 Å². The first-order chi connectivity index (χ1) is 9.81. The van der Waals surface area contributed by atoms with E-state index in [-0.39, 0.29) is 0 Å². The van der Waals surface area contributed by atoms with E-state index in [2.05, 4.69) is 20.5 Å². The van der Waals surface area contributed by atoms with Gasteiger partial charge in [-0.2, -0.15) is 4.98 Å². The van der Waals surface area contributed by atoms with E-state index in [1.165, 1.54) is 10.1 Å². The highest BCUT2D eigenvalue weighted by Gasteiger charge is 2.13. The molecule has 0 aliphatic carbocycles. The summed E-state index contributed by atoms with van der Waals surface area (Å²) < 4.78 is 8.26. The van der Waals surface area contributed by atoms with Crippen molar-refractivity contribution in [2.24, 2.45) is 0 Å². The molecule has 0 atom stereocenters. The molecule has 6 nitrogen and oxygen atoms in total. The van der Waals surface area contributed by atoms with Crippen LogP contribution in [0.3, 0.4) is 0 Å². The molecule has 7 heteroatoms. The molecule has 0 fully saturated rings. The number of thiophene rings is 1. The third kappa shape index (κ3) is 1.71. The standard InChI is InChI=1S/C13H9N5OS/c1-8-2-4-9(5-3-8)19-13-14-10-6-7-20-11(10)12-15-16-17-18(12)13/h2-7H,1H3. The maximum absolute atomic E-state index is 5.80. The van der Waals surface area contributed by atoms with E-state index in [9.17, 15) is 0 Å². The molecular formula is C13H9N5OS. The number of rotatable bonds is 2. The fourth-order valence-corrected chi connectivity index (χ4v) is 2.74. The zero-order valence-corrected chi connectivity index (χ0v) is 11.3. The third-order valence-corrected chi connectivity index (χ3v) is 3.84. The van der Waals surface area contributed by atoms with Crippen LogP contribution >= 0.6 is 11.3 Å². The molecule has 0 saturated carbocycles. The average Bonchev–Trinajstić information content (AvgIpc) is 3.08. The molecule has 98 valence electrons. The predicted octanol–water partition coefficient (Wildman–Crippen LogP) is 2.83. The molecule has 4 aromatic rings. The van der Waals surface area contributed by atoms with Crippen molar-refractivity contribution in [3.05, 3.63) is 41.3 Å². The summed E-state index contributed by atoms with van der Waals surface area (Å²) >= 11 is 1.56. The van der Waals surface area contributed by atoms with Crippen LogP contribution in [0.1, 0.15) is 5.56 Å². The molecule has 0 amide bonds. The molecular weight excluding hydrogens is 274 g/mol. The predicted molar refractivity (Wildman–Crippen MR) is 75.2 cm³/mol. The molecule has 0 N–H and O–H groups in total. The number of aromatic nitrogens is 5. The number of ether oxygens (including phenoxy) is 1. The molecule has 4 rings (SSSR count). The van der Waals surface area contributed by atoms with Gasteiger partial charge in [-0.3, -0.25) is 0 Å². The molecule has 0 bridgehead atoms. The topological polar surface area (TPSA) is 65.2 Å². The normalized spacial score (nSPS) is 11.2. The molecule has 0 aliphatic rings. The fraction of sp³-hybridized carbons (Fsp3) is 0.0769. The highest BCUT2D eigenvalue weighted by Crippen LogP contribution is 2.27. The number of benzene rings is 1. The van der Waals surface area contributed by atoms with Gasteiger partial charge in [-0.1, -0.05) is 17.7 Å². The lowest BCUT2D eigenvalue weighted by molar-refractivity contribution is 0.426. The Morgan fingerprint density at radius 1 is 1.15 bits per heavy atom. The lowest BCUT2D eigenvalue weighted by Gasteiger charge is -2.06. The van der Waals surface area contributed by atoms with Crippen LogP contribution in [0, 0.1) is 6.92 Å². The summed E-state index contributed by atoms with van der Waals surface area (Å²) in [6, 6.07) is 10.0. The monoisotopic (exact) mass is 283 g/mol. The van der Waals surface area contributed by atoms with Crippen molar-refractivity contribution >= 4 is 27.2 Å². The van der Waals surface area contributed by atoms with Gasteiger partial charge in [0.15, 0.2) is 0 Å². The van der Waals surface area contributed by atoms with Gasteiger partial charge in [0, 0.05) is 0 Å². The Bertz CT molecular complexity index is 896. The van der Waals surface area contributed by atoms with E-state index < -0.39 is 0 Å². The van der Waals surface area contributed by atoms with Crippen LogP contribution < -0.4 is 4.74 Å². The fourth-order valence-electron chi connectivity index (χ4n) is 1.94. The van der Waals surface area contributed by atoms with Gasteiger partial charge in [-0.15, -0.1) is 21.0 Å². The maximum Gasteiger partial charge on any atom is 0.327 e. The molecule has 3 heterocycles. The van der Waals surface area contributed by atoms with E-state index in [1.807, 2.05) is 42.6 Å². The van der Waals surface area contributed by atoms with Gasteiger partial charge in [0.1, 0.15) is 5.75 Å². The van der Waals surface area contributed by atoms with Gasteiger partial charge in [0.2, 0.25) is 5.65 Å². The number of hydrogen-bond donors (Lipinski definition) is 0. The Balaban J connectivity index is 1.88. The molecule has 0 aliphatic heterocycles. The van der Waals surface area contributed by atoms with E-state index in [0.29, 0.717) is 17.4 Å². The van der Waals surface area contributed by atoms with Crippen molar-refractivity contribution in [3.8, 4) is 11.8 Å². The lowest BCUT2D eigenvalue weighted by Crippen LogP contribution is -1.99. The van der Waals surface area contributed by atoms with Crippen molar-refractivity contribution < 1.29 is 4.74 Å². The van der Waals surface area contributed by atoms with E-state index >= 15 is 0 Å². The number of aryl methyl sites for hydroxylation is 1. The highest BCUT2D eigenvalue weighted by molar-refractivity contribution is 7.17. The SMILES string of the molecule is Cc1ccc(Oc2nc3ccsc3c3nnnn23)cc1. The number of nitrogens with zero attached hydrogens (tertiary/aromatic N) is 5. The summed E-state index contributed by atoms with van der Waals surface area (Å²) in [6.07, 6.45) is 0. The summed E-state index contributed by atoms with van der Waals surface area (Å²) in [7, 11) is 0. The Kier molecular flexibility index (Phi) is 2.40. The van der Waals surface area contributed by atoms with Crippen molar-refractivity contribution in [1.82, 2.24) is 25.0 Å². The molecule has 0 radical (unpaired) electrons. The second-order valence-corrected chi connectivity index (χ2v) is 5.27. The average molecular weight is 283 g/mol. The quantitative estimate of drug-likeness (QED) is 0.566. The molecule has 0 spiro atoms. The summed E-state index contributed by atoms with van der Waals surface area (Å²) in [5.74, 6) is 0.703. The van der Waals surface area contributed by atoms with Gasteiger partial charge in [-0.25, -0.2) is 0 Å². The molecule has 20 heavy (non-hydrogen) atoms. The third-order valence-electron chi connectivity index (χ3n) is 2.94. The Morgan fingerprint density at radius 2 is 2.00 bits per heavy atom. The van der Waals surface area contributed by atoms with Crippen LogP contribution in [0.4, 0.5) is 0 Å². The first-order valence-electron chi connectivity index (χ1n) is 6.01. The smallest absolute Gasteiger partial charge is 0.327 e. The lowest BCUT2D eigenvalue weighted by atomic mass is 10.2. The molecule has 0 unspecified atom stereocenters. The van der Waals surface area contributed by atoms with E-state index in [0.717, 1.165) is 10.2 Å². The van der Waals surface area contributed by atoms with Crippen LogP contribution in [-0.2, 0) is 0 Å². The minimum Gasteiger partial charge on any atom is -0.424 e. The summed E-state index contributed by atoms with van der Waals surface area (Å²) in [4.78, 5) is 4.46. The van der Waals surface area contributed by atoms with Crippen LogP contribution in [-0.4, -0.2) is 25.0 Å². The Labute approximate surface area is 117 Å². The minimum atomic E-state index is 0.361. The highest BCUT2D eigenvalue weighted by atomic mass is 32.1. The Hall–Kier alpha value is -2.54. The van der Waals surface area contributed by atoms with Crippen molar-refractivity contribution in [1.29, 1.82) is 0 Å². The minimum absolute atomic E-state index is 0.361. The first kappa shape index (κ1) is 11.3. The largest absolute Gasteiger partial charge is 0.424 e.